The maximum absolute atomic E-state index is 12.6. The van der Waals surface area contributed by atoms with Crippen LogP contribution in [-0.2, 0) is 14.4 Å². The number of nitrogens with one attached hydrogen (secondary N) is 1. The molecular formula is C21H28N2O4. The molecule has 0 aromatic heterocycles. The third kappa shape index (κ3) is 5.67. The zero-order valence-electron chi connectivity index (χ0n) is 16.4. The fraction of sp³-hybridized carbons (Fsp3) is 0.476. The Balaban J connectivity index is 2.13. The van der Waals surface area contributed by atoms with Crippen molar-refractivity contribution in [2.24, 2.45) is 5.41 Å². The van der Waals surface area contributed by atoms with Gasteiger partial charge >= 0.3 is 5.97 Å². The van der Waals surface area contributed by atoms with Crippen LogP contribution < -0.4 is 5.32 Å². The highest BCUT2D eigenvalue weighted by Crippen LogP contribution is 2.32. The standard InChI is InChI=1S/C21H28N2O4/c1-14(24)23-12-10-15-7-5-6-8-16(15)18(23)13-19(25)22-17(20(26)27)9-11-21(2,3)4/h5-8,10,12,17-18H,9,11,13H2,1-4H3,(H,22,25)(H,26,27). The Morgan fingerprint density at radius 3 is 2.48 bits per heavy atom. The molecule has 146 valence electrons. The molecule has 27 heavy (non-hydrogen) atoms. The normalized spacial score (nSPS) is 17.2. The molecule has 2 amide bonds. The number of nitrogens with zero attached hydrogens (tertiary/aromatic N) is 1. The summed E-state index contributed by atoms with van der Waals surface area (Å²) < 4.78 is 0. The zero-order valence-corrected chi connectivity index (χ0v) is 16.4. The summed E-state index contributed by atoms with van der Waals surface area (Å²) in [6.45, 7) is 7.55. The topological polar surface area (TPSA) is 86.7 Å². The van der Waals surface area contributed by atoms with E-state index in [0.717, 1.165) is 11.1 Å². The lowest BCUT2D eigenvalue weighted by Gasteiger charge is -2.32. The number of rotatable bonds is 6. The second-order valence-electron chi connectivity index (χ2n) is 8.15. The van der Waals surface area contributed by atoms with Gasteiger partial charge in [0.25, 0.3) is 0 Å². The number of carbonyl (C=O) groups is 3. The van der Waals surface area contributed by atoms with Gasteiger partial charge in [-0.3, -0.25) is 9.59 Å². The molecule has 2 unspecified atom stereocenters. The van der Waals surface area contributed by atoms with E-state index in [1.165, 1.54) is 11.8 Å². The van der Waals surface area contributed by atoms with Crippen LogP contribution in [0.2, 0.25) is 0 Å². The summed E-state index contributed by atoms with van der Waals surface area (Å²) in [6, 6.07) is 6.21. The van der Waals surface area contributed by atoms with Gasteiger partial charge in [0.2, 0.25) is 11.8 Å². The molecular weight excluding hydrogens is 344 g/mol. The fourth-order valence-corrected chi connectivity index (χ4v) is 3.18. The molecule has 0 aliphatic carbocycles. The van der Waals surface area contributed by atoms with Gasteiger partial charge in [-0.1, -0.05) is 45.0 Å². The van der Waals surface area contributed by atoms with E-state index >= 15 is 0 Å². The van der Waals surface area contributed by atoms with Crippen LogP contribution in [0.1, 0.15) is 64.1 Å². The maximum Gasteiger partial charge on any atom is 0.326 e. The van der Waals surface area contributed by atoms with E-state index in [1.54, 1.807) is 6.20 Å². The van der Waals surface area contributed by atoms with E-state index in [9.17, 15) is 19.5 Å². The third-order valence-electron chi connectivity index (χ3n) is 4.66. The highest BCUT2D eigenvalue weighted by atomic mass is 16.4. The average molecular weight is 372 g/mol. The van der Waals surface area contributed by atoms with Crippen LogP contribution >= 0.6 is 0 Å². The van der Waals surface area contributed by atoms with E-state index in [0.29, 0.717) is 12.8 Å². The quantitative estimate of drug-likeness (QED) is 0.802. The van der Waals surface area contributed by atoms with Crippen molar-refractivity contribution >= 4 is 23.9 Å². The number of benzene rings is 1. The molecule has 0 spiro atoms. The van der Waals surface area contributed by atoms with Crippen LogP contribution in [0.25, 0.3) is 6.08 Å². The molecule has 1 aliphatic rings. The molecule has 0 fully saturated rings. The van der Waals surface area contributed by atoms with Gasteiger partial charge in [0.15, 0.2) is 0 Å². The molecule has 0 saturated carbocycles. The van der Waals surface area contributed by atoms with Gasteiger partial charge in [0.05, 0.1) is 12.5 Å². The second kappa shape index (κ2) is 8.37. The Hall–Kier alpha value is -2.63. The van der Waals surface area contributed by atoms with E-state index in [4.69, 9.17) is 0 Å². The first-order chi connectivity index (χ1) is 12.6. The van der Waals surface area contributed by atoms with Crippen molar-refractivity contribution in [1.82, 2.24) is 10.2 Å². The summed E-state index contributed by atoms with van der Waals surface area (Å²) in [6.07, 6.45) is 4.58. The molecule has 1 heterocycles. The zero-order chi connectivity index (χ0) is 20.2. The number of fused-ring (bicyclic) bond motifs is 1. The van der Waals surface area contributed by atoms with Crippen molar-refractivity contribution in [2.75, 3.05) is 0 Å². The minimum Gasteiger partial charge on any atom is -0.480 e. The van der Waals surface area contributed by atoms with Crippen molar-refractivity contribution in [2.45, 2.75) is 59.0 Å². The van der Waals surface area contributed by atoms with Crippen molar-refractivity contribution in [3.63, 3.8) is 0 Å². The lowest BCUT2D eigenvalue weighted by Crippen LogP contribution is -2.43. The second-order valence-corrected chi connectivity index (χ2v) is 8.15. The summed E-state index contributed by atoms with van der Waals surface area (Å²) in [4.78, 5) is 37.6. The Morgan fingerprint density at radius 2 is 1.89 bits per heavy atom. The fourth-order valence-electron chi connectivity index (χ4n) is 3.18. The Labute approximate surface area is 160 Å². The smallest absolute Gasteiger partial charge is 0.326 e. The lowest BCUT2D eigenvalue weighted by molar-refractivity contribution is -0.142. The highest BCUT2D eigenvalue weighted by Gasteiger charge is 2.30. The van der Waals surface area contributed by atoms with E-state index < -0.39 is 18.1 Å². The number of hydrogen-bond acceptors (Lipinski definition) is 3. The summed E-state index contributed by atoms with van der Waals surface area (Å²) in [5, 5.41) is 12.1. The molecule has 2 N–H and O–H groups in total. The molecule has 0 bridgehead atoms. The number of amides is 2. The first kappa shape index (κ1) is 20.7. The van der Waals surface area contributed by atoms with Gasteiger partial charge in [-0.05, 0) is 35.5 Å². The summed E-state index contributed by atoms with van der Waals surface area (Å²) in [7, 11) is 0. The van der Waals surface area contributed by atoms with Gasteiger partial charge < -0.3 is 15.3 Å². The number of carboxylic acids is 1. The number of carbonyl (C=O) groups excluding carboxylic acids is 2. The first-order valence-electron chi connectivity index (χ1n) is 9.16. The van der Waals surface area contributed by atoms with Crippen molar-refractivity contribution in [1.29, 1.82) is 0 Å². The molecule has 6 nitrogen and oxygen atoms in total. The van der Waals surface area contributed by atoms with Crippen LogP contribution in [0.5, 0.6) is 0 Å². The van der Waals surface area contributed by atoms with Crippen molar-refractivity contribution < 1.29 is 19.5 Å². The van der Waals surface area contributed by atoms with Crippen LogP contribution in [0.3, 0.4) is 0 Å². The average Bonchev–Trinajstić information content (AvgIpc) is 2.57. The van der Waals surface area contributed by atoms with Crippen LogP contribution in [-0.4, -0.2) is 33.8 Å². The summed E-state index contributed by atoms with van der Waals surface area (Å²) in [5.41, 5.74) is 1.82. The van der Waals surface area contributed by atoms with Crippen molar-refractivity contribution in [3.8, 4) is 0 Å². The largest absolute Gasteiger partial charge is 0.480 e. The molecule has 1 aliphatic heterocycles. The highest BCUT2D eigenvalue weighted by molar-refractivity contribution is 5.85. The van der Waals surface area contributed by atoms with Crippen LogP contribution in [0.15, 0.2) is 30.5 Å². The molecule has 2 atom stereocenters. The number of hydrogen-bond donors (Lipinski definition) is 2. The minimum absolute atomic E-state index is 0.0141. The van der Waals surface area contributed by atoms with Crippen LogP contribution in [0.4, 0.5) is 0 Å². The Kier molecular flexibility index (Phi) is 6.41. The Bertz CT molecular complexity index is 749. The number of aliphatic carboxylic acids is 1. The summed E-state index contributed by atoms with van der Waals surface area (Å²) >= 11 is 0. The first-order valence-corrected chi connectivity index (χ1v) is 9.16. The lowest BCUT2D eigenvalue weighted by atomic mass is 9.88. The predicted octanol–water partition coefficient (Wildman–Crippen LogP) is 3.35. The van der Waals surface area contributed by atoms with E-state index in [2.05, 4.69) is 5.32 Å². The van der Waals surface area contributed by atoms with Gasteiger partial charge in [0.1, 0.15) is 6.04 Å². The Morgan fingerprint density at radius 1 is 1.22 bits per heavy atom. The maximum atomic E-state index is 12.6. The molecule has 1 aromatic carbocycles. The van der Waals surface area contributed by atoms with Gasteiger partial charge in [-0.15, -0.1) is 0 Å². The van der Waals surface area contributed by atoms with Crippen molar-refractivity contribution in [3.05, 3.63) is 41.6 Å². The number of carboxylic acid groups (broad SMARTS) is 1. The third-order valence-corrected chi connectivity index (χ3v) is 4.66. The molecule has 0 radical (unpaired) electrons. The van der Waals surface area contributed by atoms with Crippen LogP contribution in [0, 0.1) is 5.41 Å². The molecule has 0 saturated heterocycles. The monoisotopic (exact) mass is 372 g/mol. The predicted molar refractivity (Wildman–Crippen MR) is 104 cm³/mol. The van der Waals surface area contributed by atoms with E-state index in [1.807, 2.05) is 51.1 Å². The molecule has 1 aromatic rings. The van der Waals surface area contributed by atoms with Gasteiger partial charge in [-0.2, -0.15) is 0 Å². The van der Waals surface area contributed by atoms with Gasteiger partial charge in [0, 0.05) is 13.1 Å². The SMILES string of the molecule is CC(=O)N1C=Cc2ccccc2C1CC(=O)NC(CCC(C)(C)C)C(=O)O. The van der Waals surface area contributed by atoms with Gasteiger partial charge in [-0.25, -0.2) is 4.79 Å². The molecule has 6 heteroatoms. The van der Waals surface area contributed by atoms with E-state index in [-0.39, 0.29) is 23.7 Å². The minimum atomic E-state index is -1.04. The molecule has 2 rings (SSSR count). The summed E-state index contributed by atoms with van der Waals surface area (Å²) in [5.74, 6) is -1.58.